The summed E-state index contributed by atoms with van der Waals surface area (Å²) in [6, 6.07) is 13.1. The van der Waals surface area contributed by atoms with Gasteiger partial charge >= 0.3 is 0 Å². The van der Waals surface area contributed by atoms with E-state index in [0.717, 1.165) is 26.4 Å². The van der Waals surface area contributed by atoms with Crippen LogP contribution in [0.15, 0.2) is 48.7 Å². The number of imidazole rings is 1. The second kappa shape index (κ2) is 4.64. The van der Waals surface area contributed by atoms with Crippen LogP contribution in [0.5, 0.6) is 0 Å². The highest BCUT2D eigenvalue weighted by Gasteiger charge is 2.13. The van der Waals surface area contributed by atoms with Gasteiger partial charge in [0.2, 0.25) is 0 Å². The fourth-order valence-electron chi connectivity index (χ4n) is 2.46. The maximum absolute atomic E-state index is 10.9. The second-order valence-corrected chi connectivity index (χ2v) is 6.17. The zero-order chi connectivity index (χ0) is 15.3. The molecular weight excluding hydrogens is 298 g/mol. The van der Waals surface area contributed by atoms with Crippen LogP contribution in [0.4, 0.5) is 5.69 Å². The van der Waals surface area contributed by atoms with Crippen LogP contribution in [-0.2, 0) is 0 Å². The molecule has 0 atom stereocenters. The zero-order valence-corrected chi connectivity index (χ0v) is 12.5. The quantitative estimate of drug-likeness (QED) is 0.406. The molecule has 2 aromatic heterocycles. The molecule has 4 aromatic rings. The Morgan fingerprint density at radius 3 is 2.68 bits per heavy atom. The molecule has 0 unspecified atom stereocenters. The van der Waals surface area contributed by atoms with Crippen LogP contribution in [0.3, 0.4) is 0 Å². The summed E-state index contributed by atoms with van der Waals surface area (Å²) in [6.45, 7) is 2.04. The van der Waals surface area contributed by atoms with E-state index >= 15 is 0 Å². The number of nitro groups is 1. The molecule has 0 bridgehead atoms. The lowest BCUT2D eigenvalue weighted by Crippen LogP contribution is -1.87. The highest BCUT2D eigenvalue weighted by molar-refractivity contribution is 7.23. The van der Waals surface area contributed by atoms with Gasteiger partial charge in [-0.1, -0.05) is 41.2 Å². The van der Waals surface area contributed by atoms with Crippen LogP contribution in [0, 0.1) is 17.0 Å². The number of fused-ring (bicyclic) bond motifs is 3. The molecule has 0 spiro atoms. The van der Waals surface area contributed by atoms with E-state index in [1.807, 2.05) is 41.8 Å². The van der Waals surface area contributed by atoms with Gasteiger partial charge in [-0.05, 0) is 13.0 Å². The first-order valence-electron chi connectivity index (χ1n) is 6.75. The molecule has 0 aliphatic carbocycles. The molecule has 0 amide bonds. The van der Waals surface area contributed by atoms with E-state index in [2.05, 4.69) is 4.98 Å². The Morgan fingerprint density at radius 2 is 1.95 bits per heavy atom. The Balaban J connectivity index is 1.92. The minimum Gasteiger partial charge on any atom is -0.289 e. The summed E-state index contributed by atoms with van der Waals surface area (Å²) in [5.41, 5.74) is 4.03. The second-order valence-electron chi connectivity index (χ2n) is 5.16. The molecular formula is C16H11N3O2S. The van der Waals surface area contributed by atoms with Crippen molar-refractivity contribution in [3.8, 4) is 11.3 Å². The number of nitro benzene ring substituents is 1. The minimum absolute atomic E-state index is 0.0952. The maximum Gasteiger partial charge on any atom is 0.271 e. The van der Waals surface area contributed by atoms with Crippen LogP contribution in [0.2, 0.25) is 0 Å². The highest BCUT2D eigenvalue weighted by Crippen LogP contribution is 2.31. The van der Waals surface area contributed by atoms with E-state index < -0.39 is 0 Å². The van der Waals surface area contributed by atoms with Gasteiger partial charge < -0.3 is 0 Å². The van der Waals surface area contributed by atoms with Crippen LogP contribution in [0.25, 0.3) is 26.4 Å². The Kier molecular flexibility index (Phi) is 2.74. The first-order chi connectivity index (χ1) is 10.6. The molecule has 108 valence electrons. The summed E-state index contributed by atoms with van der Waals surface area (Å²) >= 11 is 1.53. The zero-order valence-electron chi connectivity index (χ0n) is 11.7. The Hall–Kier alpha value is -2.73. The molecule has 5 nitrogen and oxygen atoms in total. The molecule has 0 aliphatic rings. The third-order valence-electron chi connectivity index (χ3n) is 3.64. The summed E-state index contributed by atoms with van der Waals surface area (Å²) in [5, 5.41) is 10.9. The lowest BCUT2D eigenvalue weighted by Gasteiger charge is -1.97. The Bertz CT molecular complexity index is 1020. The molecule has 0 aliphatic heterocycles. The molecule has 6 heteroatoms. The SMILES string of the molecule is Cc1ccc(-c2cn3c(n2)sc2ccc([N+](=O)[O-])cc23)cc1. The predicted molar refractivity (Wildman–Crippen MR) is 87.4 cm³/mol. The van der Waals surface area contributed by atoms with E-state index in [4.69, 9.17) is 0 Å². The molecule has 2 heterocycles. The van der Waals surface area contributed by atoms with Gasteiger partial charge in [-0.3, -0.25) is 14.5 Å². The first-order valence-corrected chi connectivity index (χ1v) is 7.56. The normalized spacial score (nSPS) is 11.3. The molecule has 2 aromatic carbocycles. The number of hydrogen-bond acceptors (Lipinski definition) is 4. The number of non-ortho nitro benzene ring substituents is 1. The summed E-state index contributed by atoms with van der Waals surface area (Å²) < 4.78 is 2.91. The van der Waals surface area contributed by atoms with E-state index in [1.165, 1.54) is 23.0 Å². The van der Waals surface area contributed by atoms with Gasteiger partial charge in [0.25, 0.3) is 5.69 Å². The Morgan fingerprint density at radius 1 is 1.18 bits per heavy atom. The van der Waals surface area contributed by atoms with Crippen molar-refractivity contribution in [2.75, 3.05) is 0 Å². The van der Waals surface area contributed by atoms with Crippen molar-refractivity contribution in [1.29, 1.82) is 0 Å². The summed E-state index contributed by atoms with van der Waals surface area (Å²) in [4.78, 5) is 16.0. The number of thiazole rings is 1. The number of hydrogen-bond donors (Lipinski definition) is 0. The van der Waals surface area contributed by atoms with Gasteiger partial charge in [0.1, 0.15) is 0 Å². The van der Waals surface area contributed by atoms with E-state index in [1.54, 1.807) is 12.1 Å². The van der Waals surface area contributed by atoms with Crippen LogP contribution in [-0.4, -0.2) is 14.3 Å². The summed E-state index contributed by atoms with van der Waals surface area (Å²) in [5.74, 6) is 0. The minimum atomic E-state index is -0.374. The fraction of sp³-hybridized carbons (Fsp3) is 0.0625. The van der Waals surface area contributed by atoms with E-state index in [0.29, 0.717) is 0 Å². The van der Waals surface area contributed by atoms with Crippen molar-refractivity contribution < 1.29 is 4.92 Å². The third kappa shape index (κ3) is 1.96. The van der Waals surface area contributed by atoms with Gasteiger partial charge in [0.15, 0.2) is 4.96 Å². The van der Waals surface area contributed by atoms with Crippen LogP contribution in [0.1, 0.15) is 5.56 Å². The van der Waals surface area contributed by atoms with Crippen molar-refractivity contribution in [2.45, 2.75) is 6.92 Å². The summed E-state index contributed by atoms with van der Waals surface area (Å²) in [7, 11) is 0. The molecule has 0 saturated carbocycles. The topological polar surface area (TPSA) is 60.4 Å². The van der Waals surface area contributed by atoms with Crippen LogP contribution >= 0.6 is 11.3 Å². The molecule has 0 saturated heterocycles. The van der Waals surface area contributed by atoms with Crippen molar-refractivity contribution >= 4 is 32.2 Å². The van der Waals surface area contributed by atoms with Crippen molar-refractivity contribution in [2.24, 2.45) is 0 Å². The van der Waals surface area contributed by atoms with Gasteiger partial charge in [0.05, 0.1) is 20.8 Å². The molecule has 0 N–H and O–H groups in total. The lowest BCUT2D eigenvalue weighted by atomic mass is 10.1. The molecule has 22 heavy (non-hydrogen) atoms. The van der Waals surface area contributed by atoms with E-state index in [-0.39, 0.29) is 10.6 Å². The van der Waals surface area contributed by atoms with Crippen molar-refractivity contribution in [3.05, 3.63) is 64.3 Å². The maximum atomic E-state index is 10.9. The molecule has 0 fully saturated rings. The molecule has 4 rings (SSSR count). The standard InChI is InChI=1S/C16H11N3O2S/c1-10-2-4-11(5-3-10)13-9-18-14-8-12(19(20)21)6-7-15(14)22-16(18)17-13/h2-9H,1H3. The number of benzene rings is 2. The molecule has 0 radical (unpaired) electrons. The number of aromatic nitrogens is 2. The van der Waals surface area contributed by atoms with Gasteiger partial charge in [-0.2, -0.15) is 0 Å². The fourth-order valence-corrected chi connectivity index (χ4v) is 3.45. The number of nitrogens with zero attached hydrogens (tertiary/aromatic N) is 3. The number of rotatable bonds is 2. The largest absolute Gasteiger partial charge is 0.289 e. The Labute approximate surface area is 129 Å². The van der Waals surface area contributed by atoms with Gasteiger partial charge in [-0.25, -0.2) is 4.98 Å². The first kappa shape index (κ1) is 13.0. The van der Waals surface area contributed by atoms with Crippen molar-refractivity contribution in [3.63, 3.8) is 0 Å². The monoisotopic (exact) mass is 309 g/mol. The number of aryl methyl sites for hydroxylation is 1. The highest BCUT2D eigenvalue weighted by atomic mass is 32.1. The average Bonchev–Trinajstić information content (AvgIpc) is 3.05. The predicted octanol–water partition coefficient (Wildman–Crippen LogP) is 4.43. The van der Waals surface area contributed by atoms with E-state index in [9.17, 15) is 10.1 Å². The average molecular weight is 309 g/mol. The van der Waals surface area contributed by atoms with Crippen molar-refractivity contribution in [1.82, 2.24) is 9.38 Å². The van der Waals surface area contributed by atoms with Gasteiger partial charge in [0, 0.05) is 23.9 Å². The van der Waals surface area contributed by atoms with Crippen LogP contribution < -0.4 is 0 Å². The smallest absolute Gasteiger partial charge is 0.271 e. The summed E-state index contributed by atoms with van der Waals surface area (Å²) in [6.07, 6.45) is 1.93. The lowest BCUT2D eigenvalue weighted by molar-refractivity contribution is -0.384. The third-order valence-corrected chi connectivity index (χ3v) is 4.67. The van der Waals surface area contributed by atoms with Gasteiger partial charge in [-0.15, -0.1) is 0 Å².